The first-order valence-electron chi connectivity index (χ1n) is 9.92. The Hall–Kier alpha value is -2.29. The summed E-state index contributed by atoms with van der Waals surface area (Å²) >= 11 is 0. The number of ether oxygens (including phenoxy) is 2. The monoisotopic (exact) mass is 431 g/mol. The van der Waals surface area contributed by atoms with Gasteiger partial charge in [0.2, 0.25) is 0 Å². The summed E-state index contributed by atoms with van der Waals surface area (Å²) in [6.45, 7) is 6.98. The van der Waals surface area contributed by atoms with Gasteiger partial charge in [0.05, 0.1) is 5.92 Å². The van der Waals surface area contributed by atoms with Crippen molar-refractivity contribution in [3.63, 3.8) is 0 Å². The van der Waals surface area contributed by atoms with Gasteiger partial charge >= 0.3 is 12.1 Å². The van der Waals surface area contributed by atoms with Crippen LogP contribution in [0, 0.1) is 23.4 Å². The Morgan fingerprint density at radius 3 is 2.20 bits per heavy atom. The van der Waals surface area contributed by atoms with Crippen molar-refractivity contribution in [2.24, 2.45) is 5.92 Å². The van der Waals surface area contributed by atoms with E-state index in [9.17, 15) is 27.9 Å². The Bertz CT molecular complexity index is 754. The lowest BCUT2D eigenvalue weighted by atomic mass is 9.80. The fourth-order valence-corrected chi connectivity index (χ4v) is 3.40. The van der Waals surface area contributed by atoms with Gasteiger partial charge in [0.1, 0.15) is 11.4 Å². The van der Waals surface area contributed by atoms with E-state index in [1.807, 2.05) is 0 Å². The molecule has 0 radical (unpaired) electrons. The first-order valence-corrected chi connectivity index (χ1v) is 9.92. The zero-order chi connectivity index (χ0) is 22.5. The predicted octanol–water partition coefficient (Wildman–Crippen LogP) is 4.33. The van der Waals surface area contributed by atoms with Gasteiger partial charge in [0.25, 0.3) is 0 Å². The smallest absolute Gasteiger partial charge is 0.410 e. The Labute approximate surface area is 174 Å². The molecule has 2 saturated heterocycles. The average molecular weight is 431 g/mol. The van der Waals surface area contributed by atoms with Crippen molar-refractivity contribution in [3.05, 3.63) is 35.1 Å². The highest BCUT2D eigenvalue weighted by Gasteiger charge is 2.39. The molecule has 0 spiro atoms. The summed E-state index contributed by atoms with van der Waals surface area (Å²) in [6, 6.07) is 1.10. The van der Waals surface area contributed by atoms with Crippen LogP contribution in [0.1, 0.15) is 51.5 Å². The van der Waals surface area contributed by atoms with Crippen molar-refractivity contribution in [2.45, 2.75) is 51.6 Å². The molecule has 3 rings (SSSR count). The molecule has 9 heteroatoms. The van der Waals surface area contributed by atoms with Crippen LogP contribution in [0.15, 0.2) is 12.1 Å². The summed E-state index contributed by atoms with van der Waals surface area (Å²) in [4.78, 5) is 24.9. The molecule has 0 bridgehead atoms. The van der Waals surface area contributed by atoms with Gasteiger partial charge in [-0.25, -0.2) is 18.0 Å². The highest BCUT2D eigenvalue weighted by atomic mass is 19.2. The fraction of sp³-hybridized carbons (Fsp3) is 0.619. The summed E-state index contributed by atoms with van der Waals surface area (Å²) in [5.74, 6) is -6.84. The maximum Gasteiger partial charge on any atom is 0.410 e. The molecular formula is C21H28F3NO5. The quantitative estimate of drug-likeness (QED) is 0.706. The van der Waals surface area contributed by atoms with E-state index in [4.69, 9.17) is 9.47 Å². The molecule has 1 aromatic carbocycles. The number of likely N-dealkylation sites (tertiary alicyclic amines) is 1. The minimum Gasteiger partial charge on any atom is -0.481 e. The first kappa shape index (κ1) is 24.0. The second kappa shape index (κ2) is 10.1. The lowest BCUT2D eigenvalue weighted by Crippen LogP contribution is -2.47. The van der Waals surface area contributed by atoms with E-state index in [2.05, 4.69) is 0 Å². The number of benzene rings is 1. The number of carboxylic acid groups (broad SMARTS) is 1. The summed E-state index contributed by atoms with van der Waals surface area (Å²) < 4.78 is 50.8. The number of amides is 1. The molecule has 30 heavy (non-hydrogen) atoms. The van der Waals surface area contributed by atoms with Crippen LogP contribution in [0.4, 0.5) is 18.0 Å². The SMILES string of the molecule is C1CCOC1.CC(C)(C)OC(=O)N1CC[C@H](c2cc(F)c(F)cc2F)[C@@H](C(=O)O)C1. The summed E-state index contributed by atoms with van der Waals surface area (Å²) in [5, 5.41) is 9.45. The third-order valence-corrected chi connectivity index (χ3v) is 4.85. The van der Waals surface area contributed by atoms with Crippen molar-refractivity contribution in [1.29, 1.82) is 0 Å². The number of carbonyl (C=O) groups is 2. The van der Waals surface area contributed by atoms with Crippen LogP contribution in [0.25, 0.3) is 0 Å². The summed E-state index contributed by atoms with van der Waals surface area (Å²) in [5.41, 5.74) is -0.936. The van der Waals surface area contributed by atoms with Crippen molar-refractivity contribution < 1.29 is 37.3 Å². The van der Waals surface area contributed by atoms with Gasteiger partial charge in [-0.05, 0) is 51.7 Å². The van der Waals surface area contributed by atoms with Crippen LogP contribution in [0.5, 0.6) is 0 Å². The number of carboxylic acids is 1. The molecule has 2 atom stereocenters. The predicted molar refractivity (Wildman–Crippen MR) is 103 cm³/mol. The van der Waals surface area contributed by atoms with Crippen LogP contribution in [-0.4, -0.2) is 54.0 Å². The minimum absolute atomic E-state index is 0.0954. The van der Waals surface area contributed by atoms with Crippen LogP contribution >= 0.6 is 0 Å². The molecule has 2 heterocycles. The molecule has 1 N–H and O–H groups in total. The molecule has 0 saturated carbocycles. The van der Waals surface area contributed by atoms with E-state index in [1.54, 1.807) is 20.8 Å². The van der Waals surface area contributed by atoms with E-state index in [0.717, 1.165) is 13.2 Å². The molecule has 0 unspecified atom stereocenters. The highest BCUT2D eigenvalue weighted by Crippen LogP contribution is 2.36. The largest absolute Gasteiger partial charge is 0.481 e. The molecular weight excluding hydrogens is 403 g/mol. The van der Waals surface area contributed by atoms with Gasteiger partial charge in [-0.1, -0.05) is 0 Å². The van der Waals surface area contributed by atoms with Crippen LogP contribution < -0.4 is 0 Å². The second-order valence-corrected chi connectivity index (χ2v) is 8.37. The molecule has 1 amide bonds. The van der Waals surface area contributed by atoms with Crippen molar-refractivity contribution in [1.82, 2.24) is 4.90 Å². The molecule has 1 aromatic rings. The standard InChI is InChI=1S/C17H20F3NO4.C4H8O/c1-17(2,3)25-16(24)21-5-4-9(11(8-21)15(22)23)10-6-13(19)14(20)7-12(10)18;1-2-4-5-3-1/h6-7,9,11H,4-5,8H2,1-3H3,(H,22,23);1-4H2/t9-,11+;/m1./s1. The minimum atomic E-state index is -1.33. The summed E-state index contributed by atoms with van der Waals surface area (Å²) in [6.07, 6.45) is 1.99. The lowest BCUT2D eigenvalue weighted by Gasteiger charge is -2.37. The van der Waals surface area contributed by atoms with Gasteiger partial charge < -0.3 is 19.5 Å². The average Bonchev–Trinajstić information content (AvgIpc) is 3.23. The Morgan fingerprint density at radius 1 is 1.10 bits per heavy atom. The lowest BCUT2D eigenvalue weighted by molar-refractivity contribution is -0.144. The van der Waals surface area contributed by atoms with Crippen LogP contribution in [0.3, 0.4) is 0 Å². The number of hydrogen-bond acceptors (Lipinski definition) is 4. The van der Waals surface area contributed by atoms with Gasteiger partial charge in [-0.3, -0.25) is 4.79 Å². The fourth-order valence-electron chi connectivity index (χ4n) is 3.40. The Kier molecular flexibility index (Phi) is 8.11. The van der Waals surface area contributed by atoms with E-state index >= 15 is 0 Å². The van der Waals surface area contributed by atoms with Crippen molar-refractivity contribution in [2.75, 3.05) is 26.3 Å². The van der Waals surface area contributed by atoms with Crippen LogP contribution in [-0.2, 0) is 14.3 Å². The van der Waals surface area contributed by atoms with Crippen molar-refractivity contribution in [3.8, 4) is 0 Å². The first-order chi connectivity index (χ1) is 14.0. The van der Waals surface area contributed by atoms with Gasteiger partial charge in [0, 0.05) is 38.3 Å². The number of hydrogen-bond donors (Lipinski definition) is 1. The molecule has 2 aliphatic rings. The van der Waals surface area contributed by atoms with Crippen molar-refractivity contribution >= 4 is 12.1 Å². The topological polar surface area (TPSA) is 76.1 Å². The van der Waals surface area contributed by atoms with Crippen LogP contribution in [0.2, 0.25) is 0 Å². The Morgan fingerprint density at radius 2 is 1.70 bits per heavy atom. The molecule has 0 aromatic heterocycles. The second-order valence-electron chi connectivity index (χ2n) is 8.37. The number of rotatable bonds is 2. The van der Waals surface area contributed by atoms with Gasteiger partial charge in [0.15, 0.2) is 11.6 Å². The highest BCUT2D eigenvalue weighted by molar-refractivity contribution is 5.74. The van der Waals surface area contributed by atoms with E-state index in [-0.39, 0.29) is 25.1 Å². The zero-order valence-electron chi connectivity index (χ0n) is 17.4. The van der Waals surface area contributed by atoms with Gasteiger partial charge in [-0.2, -0.15) is 0 Å². The number of nitrogens with zero attached hydrogens (tertiary/aromatic N) is 1. The number of carbonyl (C=O) groups excluding carboxylic acids is 1. The van der Waals surface area contributed by atoms with E-state index in [1.165, 1.54) is 17.7 Å². The normalized spacial score (nSPS) is 21.6. The molecule has 2 fully saturated rings. The molecule has 0 aliphatic carbocycles. The molecule has 168 valence electrons. The number of piperidine rings is 1. The van der Waals surface area contributed by atoms with Gasteiger partial charge in [-0.15, -0.1) is 0 Å². The third kappa shape index (κ3) is 6.62. The molecule has 6 nitrogen and oxygen atoms in total. The number of halogens is 3. The molecule has 2 aliphatic heterocycles. The zero-order valence-corrected chi connectivity index (χ0v) is 17.4. The van der Waals surface area contributed by atoms with E-state index in [0.29, 0.717) is 12.1 Å². The number of aliphatic carboxylic acids is 1. The Balaban J connectivity index is 0.000000558. The maximum absolute atomic E-state index is 14.0. The summed E-state index contributed by atoms with van der Waals surface area (Å²) in [7, 11) is 0. The maximum atomic E-state index is 14.0. The third-order valence-electron chi connectivity index (χ3n) is 4.85. The van der Waals surface area contributed by atoms with E-state index < -0.39 is 47.0 Å².